The Kier molecular flexibility index (Phi) is 5.86. The Labute approximate surface area is 167 Å². The summed E-state index contributed by atoms with van der Waals surface area (Å²) in [5.74, 6) is -0.154. The molecule has 0 bridgehead atoms. The van der Waals surface area contributed by atoms with Crippen molar-refractivity contribution in [3.8, 4) is 0 Å². The van der Waals surface area contributed by atoms with E-state index in [0.717, 1.165) is 5.56 Å². The molecule has 0 fully saturated rings. The standard InChI is InChI=1S/C20H18ClN5O2/c1-12-6-7-15(21)8-18(12)26-19(28)14-10-22-20(23-11-14)25-17-5-3-4-16(9-17)24-13(2)27/h3-11H,1-2H3,(H,24,27)(H,26,28)(H,22,23,25). The van der Waals surface area contributed by atoms with E-state index in [9.17, 15) is 9.59 Å². The van der Waals surface area contributed by atoms with Gasteiger partial charge in [-0.1, -0.05) is 23.7 Å². The molecule has 0 aliphatic rings. The number of amides is 2. The van der Waals surface area contributed by atoms with Gasteiger partial charge < -0.3 is 16.0 Å². The third kappa shape index (κ3) is 5.05. The average molecular weight is 396 g/mol. The van der Waals surface area contributed by atoms with Crippen LogP contribution < -0.4 is 16.0 Å². The van der Waals surface area contributed by atoms with Crippen molar-refractivity contribution in [3.05, 3.63) is 71.0 Å². The zero-order valence-corrected chi connectivity index (χ0v) is 16.0. The number of hydrogen-bond acceptors (Lipinski definition) is 5. The molecule has 0 aliphatic carbocycles. The Morgan fingerprint density at radius 3 is 2.39 bits per heavy atom. The molecule has 0 saturated carbocycles. The molecule has 1 aromatic heterocycles. The van der Waals surface area contributed by atoms with Gasteiger partial charge in [-0.2, -0.15) is 0 Å². The van der Waals surface area contributed by atoms with Gasteiger partial charge in [-0.05, 0) is 42.8 Å². The van der Waals surface area contributed by atoms with Gasteiger partial charge in [0, 0.05) is 41.4 Å². The van der Waals surface area contributed by atoms with E-state index >= 15 is 0 Å². The number of carbonyl (C=O) groups excluding carboxylic acids is 2. The maximum Gasteiger partial charge on any atom is 0.258 e. The number of aryl methyl sites for hydroxylation is 1. The number of nitrogens with zero attached hydrogens (tertiary/aromatic N) is 2. The van der Waals surface area contributed by atoms with Crippen molar-refractivity contribution in [1.82, 2.24) is 9.97 Å². The second kappa shape index (κ2) is 8.49. The monoisotopic (exact) mass is 395 g/mol. The van der Waals surface area contributed by atoms with E-state index in [-0.39, 0.29) is 11.8 Å². The first-order chi connectivity index (χ1) is 13.4. The lowest BCUT2D eigenvalue weighted by atomic mass is 10.2. The topological polar surface area (TPSA) is 96.0 Å². The molecule has 28 heavy (non-hydrogen) atoms. The maximum absolute atomic E-state index is 12.4. The highest BCUT2D eigenvalue weighted by atomic mass is 35.5. The Hall–Kier alpha value is -3.45. The van der Waals surface area contributed by atoms with Crippen LogP contribution in [0, 0.1) is 6.92 Å². The fourth-order valence-electron chi connectivity index (χ4n) is 2.44. The predicted octanol–water partition coefficient (Wildman–Crippen LogP) is 4.39. The molecule has 0 atom stereocenters. The van der Waals surface area contributed by atoms with Crippen molar-refractivity contribution in [2.24, 2.45) is 0 Å². The lowest BCUT2D eigenvalue weighted by molar-refractivity contribution is -0.114. The quantitative estimate of drug-likeness (QED) is 0.595. The number of hydrogen-bond donors (Lipinski definition) is 3. The number of halogens is 1. The molecule has 7 nitrogen and oxygen atoms in total. The smallest absolute Gasteiger partial charge is 0.258 e. The third-order valence-corrected chi connectivity index (χ3v) is 4.04. The predicted molar refractivity (Wildman–Crippen MR) is 110 cm³/mol. The van der Waals surface area contributed by atoms with Gasteiger partial charge in [0.05, 0.1) is 5.56 Å². The third-order valence-electron chi connectivity index (χ3n) is 3.80. The largest absolute Gasteiger partial charge is 0.326 e. The fourth-order valence-corrected chi connectivity index (χ4v) is 2.61. The number of nitrogens with one attached hydrogen (secondary N) is 3. The molecule has 0 radical (unpaired) electrons. The number of anilines is 4. The minimum atomic E-state index is -0.329. The molecule has 3 rings (SSSR count). The summed E-state index contributed by atoms with van der Waals surface area (Å²) >= 11 is 5.98. The van der Waals surface area contributed by atoms with Crippen LogP contribution in [0.5, 0.6) is 0 Å². The molecule has 0 saturated heterocycles. The summed E-state index contributed by atoms with van der Waals surface area (Å²) in [6, 6.07) is 12.4. The van der Waals surface area contributed by atoms with Crippen molar-refractivity contribution in [2.75, 3.05) is 16.0 Å². The van der Waals surface area contributed by atoms with Crippen LogP contribution in [0.3, 0.4) is 0 Å². The van der Waals surface area contributed by atoms with Gasteiger partial charge in [0.2, 0.25) is 11.9 Å². The van der Waals surface area contributed by atoms with E-state index in [1.54, 1.807) is 30.3 Å². The van der Waals surface area contributed by atoms with Crippen molar-refractivity contribution in [2.45, 2.75) is 13.8 Å². The summed E-state index contributed by atoms with van der Waals surface area (Å²) in [6.45, 7) is 3.32. The van der Waals surface area contributed by atoms with Crippen LogP contribution in [-0.2, 0) is 4.79 Å². The van der Waals surface area contributed by atoms with E-state index in [1.807, 2.05) is 19.1 Å². The van der Waals surface area contributed by atoms with E-state index in [2.05, 4.69) is 25.9 Å². The van der Waals surface area contributed by atoms with Gasteiger partial charge in [-0.15, -0.1) is 0 Å². The molecule has 2 aromatic carbocycles. The molecule has 3 aromatic rings. The van der Waals surface area contributed by atoms with Gasteiger partial charge in [-0.3, -0.25) is 9.59 Å². The minimum absolute atomic E-state index is 0.154. The summed E-state index contributed by atoms with van der Waals surface area (Å²) in [5, 5.41) is 9.07. The van der Waals surface area contributed by atoms with Crippen LogP contribution >= 0.6 is 11.6 Å². The van der Waals surface area contributed by atoms with Crippen LogP contribution in [0.4, 0.5) is 23.0 Å². The van der Waals surface area contributed by atoms with Gasteiger partial charge in [0.1, 0.15) is 0 Å². The minimum Gasteiger partial charge on any atom is -0.326 e. The summed E-state index contributed by atoms with van der Waals surface area (Å²) in [7, 11) is 0. The van der Waals surface area contributed by atoms with E-state index in [4.69, 9.17) is 11.6 Å². The molecular weight excluding hydrogens is 378 g/mol. The Morgan fingerprint density at radius 1 is 0.964 bits per heavy atom. The van der Waals surface area contributed by atoms with Crippen LogP contribution in [0.1, 0.15) is 22.8 Å². The highest BCUT2D eigenvalue weighted by Gasteiger charge is 2.10. The lowest BCUT2D eigenvalue weighted by Crippen LogP contribution is -2.14. The van der Waals surface area contributed by atoms with E-state index < -0.39 is 0 Å². The second-order valence-corrected chi connectivity index (χ2v) is 6.53. The zero-order valence-electron chi connectivity index (χ0n) is 15.3. The van der Waals surface area contributed by atoms with Crippen molar-refractivity contribution >= 4 is 46.4 Å². The molecule has 8 heteroatoms. The van der Waals surface area contributed by atoms with Crippen LogP contribution in [-0.4, -0.2) is 21.8 Å². The van der Waals surface area contributed by atoms with Crippen LogP contribution in [0.2, 0.25) is 5.02 Å². The molecule has 0 aliphatic heterocycles. The SMILES string of the molecule is CC(=O)Nc1cccc(Nc2ncc(C(=O)Nc3cc(Cl)ccc3C)cn2)c1. The Bertz CT molecular complexity index is 1020. The maximum atomic E-state index is 12.4. The summed E-state index contributed by atoms with van der Waals surface area (Å²) in [5.41, 5.74) is 3.21. The Morgan fingerprint density at radius 2 is 1.68 bits per heavy atom. The zero-order chi connectivity index (χ0) is 20.1. The molecular formula is C20H18ClN5O2. The molecule has 1 heterocycles. The normalized spacial score (nSPS) is 10.2. The van der Waals surface area contributed by atoms with E-state index in [0.29, 0.717) is 33.6 Å². The summed E-state index contributed by atoms with van der Waals surface area (Å²) < 4.78 is 0. The van der Waals surface area contributed by atoms with Crippen molar-refractivity contribution in [3.63, 3.8) is 0 Å². The van der Waals surface area contributed by atoms with Gasteiger partial charge in [-0.25, -0.2) is 9.97 Å². The fraction of sp³-hybridized carbons (Fsp3) is 0.100. The summed E-state index contributed by atoms with van der Waals surface area (Å²) in [4.78, 5) is 31.9. The average Bonchev–Trinajstić information content (AvgIpc) is 2.65. The highest BCUT2D eigenvalue weighted by molar-refractivity contribution is 6.31. The first-order valence-electron chi connectivity index (χ1n) is 8.45. The second-order valence-electron chi connectivity index (χ2n) is 6.10. The van der Waals surface area contributed by atoms with Crippen molar-refractivity contribution < 1.29 is 9.59 Å². The number of benzene rings is 2. The van der Waals surface area contributed by atoms with Crippen LogP contribution in [0.15, 0.2) is 54.9 Å². The molecule has 2 amide bonds. The van der Waals surface area contributed by atoms with Gasteiger partial charge in [0.15, 0.2) is 0 Å². The lowest BCUT2D eigenvalue weighted by Gasteiger charge is -2.10. The molecule has 0 spiro atoms. The first-order valence-corrected chi connectivity index (χ1v) is 8.83. The number of aromatic nitrogens is 2. The van der Waals surface area contributed by atoms with Crippen LogP contribution in [0.25, 0.3) is 0 Å². The number of rotatable bonds is 5. The Balaban J connectivity index is 1.68. The van der Waals surface area contributed by atoms with Crippen molar-refractivity contribution in [1.29, 1.82) is 0 Å². The molecule has 142 valence electrons. The highest BCUT2D eigenvalue weighted by Crippen LogP contribution is 2.21. The first kappa shape index (κ1) is 19.3. The molecule has 0 unspecified atom stereocenters. The van der Waals surface area contributed by atoms with E-state index in [1.165, 1.54) is 19.3 Å². The summed E-state index contributed by atoms with van der Waals surface area (Å²) in [6.07, 6.45) is 2.87. The van der Waals surface area contributed by atoms with Gasteiger partial charge >= 0.3 is 0 Å². The van der Waals surface area contributed by atoms with Gasteiger partial charge in [0.25, 0.3) is 5.91 Å². The molecule has 3 N–H and O–H groups in total. The number of carbonyl (C=O) groups is 2.